The number of hydrogen-bond donors (Lipinski definition) is 2. The van der Waals surface area contributed by atoms with Crippen molar-refractivity contribution >= 4 is 23.1 Å². The van der Waals surface area contributed by atoms with E-state index in [1.165, 1.54) is 11.3 Å². The second kappa shape index (κ2) is 6.78. The van der Waals surface area contributed by atoms with Crippen LogP contribution in [0.4, 0.5) is 5.82 Å². The van der Waals surface area contributed by atoms with E-state index in [1.54, 1.807) is 22.2 Å². The van der Waals surface area contributed by atoms with Crippen LogP contribution in [0.1, 0.15) is 39.1 Å². The molecular weight excluding hydrogens is 334 g/mol. The molecule has 7 heteroatoms. The number of carbonyl (C=O) groups excluding carboxylic acids is 1. The Hall–Kier alpha value is -2.51. The van der Waals surface area contributed by atoms with E-state index in [-0.39, 0.29) is 5.91 Å². The number of amides is 1. The number of nitrogens with one attached hydrogen (secondary N) is 2. The second-order valence-corrected chi connectivity index (χ2v) is 7.19. The molecule has 0 unspecified atom stereocenters. The average Bonchev–Trinajstić information content (AvgIpc) is 3.36. The molecule has 1 atom stereocenters. The summed E-state index contributed by atoms with van der Waals surface area (Å²) in [5.41, 5.74) is 0.822. The van der Waals surface area contributed by atoms with E-state index in [0.717, 1.165) is 18.7 Å². The van der Waals surface area contributed by atoms with Crippen molar-refractivity contribution in [1.29, 1.82) is 0 Å². The summed E-state index contributed by atoms with van der Waals surface area (Å²) in [6, 6.07) is 11.8. The van der Waals surface area contributed by atoms with E-state index < -0.39 is 0 Å². The Balaban J connectivity index is 1.55. The molecular formula is C18H19N5OS. The van der Waals surface area contributed by atoms with Gasteiger partial charge in [-0.2, -0.15) is 9.78 Å². The lowest BCUT2D eigenvalue weighted by atomic mass is 10.2. The van der Waals surface area contributed by atoms with Gasteiger partial charge in [-0.05, 0) is 50.6 Å². The molecule has 0 aliphatic carbocycles. The molecule has 1 amide bonds. The fourth-order valence-electron chi connectivity index (χ4n) is 3.01. The molecule has 0 bridgehead atoms. The number of aryl methyl sites for hydroxylation is 1. The molecule has 1 fully saturated rings. The summed E-state index contributed by atoms with van der Waals surface area (Å²) in [6.07, 6.45) is 4.03. The zero-order valence-electron chi connectivity index (χ0n) is 13.9. The largest absolute Gasteiger partial charge is 0.309 e. The van der Waals surface area contributed by atoms with Gasteiger partial charge in [-0.25, -0.2) is 4.98 Å². The third-order valence-corrected chi connectivity index (χ3v) is 5.39. The van der Waals surface area contributed by atoms with Crippen LogP contribution in [0, 0.1) is 6.92 Å². The lowest BCUT2D eigenvalue weighted by Crippen LogP contribution is -2.14. The van der Waals surface area contributed by atoms with Crippen LogP contribution < -0.4 is 10.6 Å². The fraction of sp³-hybridized carbons (Fsp3) is 0.278. The lowest BCUT2D eigenvalue weighted by Gasteiger charge is -2.08. The number of nitrogens with zero attached hydrogens (tertiary/aromatic N) is 3. The molecule has 0 spiro atoms. The van der Waals surface area contributed by atoms with Gasteiger partial charge in [-0.1, -0.05) is 6.07 Å². The van der Waals surface area contributed by atoms with Gasteiger partial charge in [0, 0.05) is 23.2 Å². The Morgan fingerprint density at radius 1 is 1.36 bits per heavy atom. The first-order valence-corrected chi connectivity index (χ1v) is 9.15. The third kappa shape index (κ3) is 3.33. The lowest BCUT2D eigenvalue weighted by molar-refractivity contribution is 0.103. The Morgan fingerprint density at radius 2 is 2.28 bits per heavy atom. The quantitative estimate of drug-likeness (QED) is 0.755. The number of rotatable bonds is 4. The summed E-state index contributed by atoms with van der Waals surface area (Å²) < 4.78 is 1.65. The first kappa shape index (κ1) is 16.0. The number of anilines is 1. The molecule has 1 aliphatic rings. The van der Waals surface area contributed by atoms with Crippen molar-refractivity contribution in [3.05, 3.63) is 58.0 Å². The fourth-order valence-corrected chi connectivity index (χ4v) is 4.02. The van der Waals surface area contributed by atoms with E-state index in [0.29, 0.717) is 22.6 Å². The Labute approximate surface area is 149 Å². The number of thiophene rings is 1. The summed E-state index contributed by atoms with van der Waals surface area (Å²) in [7, 11) is 0. The summed E-state index contributed by atoms with van der Waals surface area (Å²) >= 11 is 1.55. The molecule has 25 heavy (non-hydrogen) atoms. The van der Waals surface area contributed by atoms with Crippen molar-refractivity contribution in [2.24, 2.45) is 0 Å². The topological polar surface area (TPSA) is 71.8 Å². The minimum atomic E-state index is -0.119. The van der Waals surface area contributed by atoms with Gasteiger partial charge in [0.2, 0.25) is 0 Å². The standard InChI is InChI=1S/C18H19N5OS/c1-12-11-17(23(22-12)16-6-2-3-9-20-16)21-18(24)15-8-7-14(25-15)13-5-4-10-19-13/h2-3,6-9,11,13,19H,4-5,10H2,1H3,(H,21,24)/t13-/m1/s1. The normalized spacial score (nSPS) is 16.9. The number of pyridine rings is 1. The van der Waals surface area contributed by atoms with Crippen LogP contribution in [0.15, 0.2) is 42.6 Å². The number of aromatic nitrogens is 3. The van der Waals surface area contributed by atoms with Crippen molar-refractivity contribution < 1.29 is 4.79 Å². The Morgan fingerprint density at radius 3 is 3.04 bits per heavy atom. The smallest absolute Gasteiger partial charge is 0.266 e. The molecule has 3 aromatic rings. The molecule has 6 nitrogen and oxygen atoms in total. The van der Waals surface area contributed by atoms with Gasteiger partial charge < -0.3 is 10.6 Å². The summed E-state index contributed by atoms with van der Waals surface area (Å²) in [5.74, 6) is 1.18. The monoisotopic (exact) mass is 353 g/mol. The zero-order valence-corrected chi connectivity index (χ0v) is 14.7. The van der Waals surface area contributed by atoms with Crippen LogP contribution in [-0.4, -0.2) is 27.2 Å². The minimum Gasteiger partial charge on any atom is -0.309 e. The van der Waals surface area contributed by atoms with Crippen LogP contribution >= 0.6 is 11.3 Å². The molecule has 1 aliphatic heterocycles. The van der Waals surface area contributed by atoms with Gasteiger partial charge in [0.25, 0.3) is 5.91 Å². The predicted octanol–water partition coefficient (Wildman–Crippen LogP) is 3.31. The highest BCUT2D eigenvalue weighted by atomic mass is 32.1. The van der Waals surface area contributed by atoms with Crippen LogP contribution in [0.2, 0.25) is 0 Å². The van der Waals surface area contributed by atoms with E-state index in [9.17, 15) is 4.79 Å². The van der Waals surface area contributed by atoms with E-state index >= 15 is 0 Å². The third-order valence-electron chi connectivity index (χ3n) is 4.19. The Kier molecular flexibility index (Phi) is 4.33. The number of hydrogen-bond acceptors (Lipinski definition) is 5. The maximum Gasteiger partial charge on any atom is 0.266 e. The van der Waals surface area contributed by atoms with Crippen molar-refractivity contribution in [3.8, 4) is 5.82 Å². The molecule has 128 valence electrons. The molecule has 4 rings (SSSR count). The molecule has 2 N–H and O–H groups in total. The molecule has 1 saturated heterocycles. The van der Waals surface area contributed by atoms with Gasteiger partial charge in [0.15, 0.2) is 5.82 Å². The minimum absolute atomic E-state index is 0.119. The van der Waals surface area contributed by atoms with Gasteiger partial charge in [-0.3, -0.25) is 4.79 Å². The van der Waals surface area contributed by atoms with Crippen molar-refractivity contribution in [2.45, 2.75) is 25.8 Å². The Bertz CT molecular complexity index is 880. The first-order valence-electron chi connectivity index (χ1n) is 8.33. The summed E-state index contributed by atoms with van der Waals surface area (Å²) in [6.45, 7) is 2.94. The summed E-state index contributed by atoms with van der Waals surface area (Å²) in [5, 5.41) is 10.9. The molecule has 0 aromatic carbocycles. The van der Waals surface area contributed by atoms with Crippen molar-refractivity contribution in [1.82, 2.24) is 20.1 Å². The zero-order chi connectivity index (χ0) is 17.2. The maximum atomic E-state index is 12.7. The SMILES string of the molecule is Cc1cc(NC(=O)c2ccc([C@H]3CCCN3)s2)n(-c2ccccn2)n1. The molecule has 0 saturated carbocycles. The van der Waals surface area contributed by atoms with Gasteiger partial charge >= 0.3 is 0 Å². The van der Waals surface area contributed by atoms with Crippen LogP contribution in [0.3, 0.4) is 0 Å². The van der Waals surface area contributed by atoms with E-state index in [2.05, 4.69) is 20.7 Å². The van der Waals surface area contributed by atoms with E-state index in [1.807, 2.05) is 43.3 Å². The molecule has 3 aromatic heterocycles. The summed E-state index contributed by atoms with van der Waals surface area (Å²) in [4.78, 5) is 18.9. The first-order chi connectivity index (χ1) is 12.2. The average molecular weight is 353 g/mol. The molecule has 4 heterocycles. The maximum absolute atomic E-state index is 12.7. The van der Waals surface area contributed by atoms with Crippen LogP contribution in [-0.2, 0) is 0 Å². The predicted molar refractivity (Wildman–Crippen MR) is 98.3 cm³/mol. The van der Waals surface area contributed by atoms with Gasteiger partial charge in [0.1, 0.15) is 5.82 Å². The van der Waals surface area contributed by atoms with Gasteiger partial charge in [-0.15, -0.1) is 11.3 Å². The highest BCUT2D eigenvalue weighted by Crippen LogP contribution is 2.29. The number of carbonyl (C=O) groups is 1. The van der Waals surface area contributed by atoms with Gasteiger partial charge in [0.05, 0.1) is 10.6 Å². The van der Waals surface area contributed by atoms with E-state index in [4.69, 9.17) is 0 Å². The van der Waals surface area contributed by atoms with Crippen LogP contribution in [0.5, 0.6) is 0 Å². The second-order valence-electron chi connectivity index (χ2n) is 6.08. The molecule has 0 radical (unpaired) electrons. The highest BCUT2D eigenvalue weighted by molar-refractivity contribution is 7.14. The van der Waals surface area contributed by atoms with Crippen molar-refractivity contribution in [3.63, 3.8) is 0 Å². The van der Waals surface area contributed by atoms with Crippen LogP contribution in [0.25, 0.3) is 5.82 Å². The highest BCUT2D eigenvalue weighted by Gasteiger charge is 2.20. The van der Waals surface area contributed by atoms with Crippen molar-refractivity contribution in [2.75, 3.05) is 11.9 Å².